The van der Waals surface area contributed by atoms with Crippen molar-refractivity contribution in [3.8, 4) is 9.88 Å². The van der Waals surface area contributed by atoms with Gasteiger partial charge in [-0.1, -0.05) is 12.1 Å². The number of nitrogens with zero attached hydrogens (tertiary/aromatic N) is 4. The van der Waals surface area contributed by atoms with E-state index in [-0.39, 0.29) is 5.91 Å². The first-order valence-electron chi connectivity index (χ1n) is 9.29. The van der Waals surface area contributed by atoms with Crippen molar-refractivity contribution in [2.75, 3.05) is 31.1 Å². The number of hydrogen-bond acceptors (Lipinski definition) is 6. The van der Waals surface area contributed by atoms with E-state index in [1.807, 2.05) is 53.6 Å². The molecule has 29 heavy (non-hydrogen) atoms. The summed E-state index contributed by atoms with van der Waals surface area (Å²) in [5.74, 6) is 1.06. The summed E-state index contributed by atoms with van der Waals surface area (Å²) in [5, 5.41) is 0.974. The standard InChI is InChI=1S/C21H17BrN4OS2/c22-14-5-8-19(23-13-14)25-9-11-26(12-10-25)21(27)18-7-6-17(28-18)20-24-15-3-1-2-4-16(15)29-20/h1-8,13H,9-12H2. The van der Waals surface area contributed by atoms with Crippen LogP contribution in [0.1, 0.15) is 9.67 Å². The second-order valence-electron chi connectivity index (χ2n) is 6.76. The molecule has 0 saturated carbocycles. The molecule has 5 rings (SSSR count). The summed E-state index contributed by atoms with van der Waals surface area (Å²) in [6.45, 7) is 2.98. The van der Waals surface area contributed by atoms with Gasteiger partial charge in [-0.25, -0.2) is 9.97 Å². The molecule has 0 aliphatic carbocycles. The lowest BCUT2D eigenvalue weighted by Gasteiger charge is -2.35. The number of aromatic nitrogens is 2. The predicted octanol–water partition coefficient (Wildman–Crippen LogP) is 5.14. The summed E-state index contributed by atoms with van der Waals surface area (Å²) in [5.41, 5.74) is 1.01. The maximum atomic E-state index is 13.0. The molecule has 5 nitrogen and oxygen atoms in total. The Morgan fingerprint density at radius 2 is 1.79 bits per heavy atom. The fourth-order valence-electron chi connectivity index (χ4n) is 3.39. The molecule has 0 atom stereocenters. The Labute approximate surface area is 184 Å². The van der Waals surface area contributed by atoms with Gasteiger partial charge in [0.15, 0.2) is 0 Å². The number of rotatable bonds is 3. The summed E-state index contributed by atoms with van der Waals surface area (Å²) >= 11 is 6.61. The van der Waals surface area contributed by atoms with E-state index in [1.165, 1.54) is 16.0 Å². The highest BCUT2D eigenvalue weighted by Crippen LogP contribution is 2.34. The largest absolute Gasteiger partial charge is 0.353 e. The number of fused-ring (bicyclic) bond motifs is 1. The van der Waals surface area contributed by atoms with Gasteiger partial charge < -0.3 is 9.80 Å². The van der Waals surface area contributed by atoms with Crippen molar-refractivity contribution in [2.24, 2.45) is 0 Å². The molecule has 8 heteroatoms. The van der Waals surface area contributed by atoms with Gasteiger partial charge >= 0.3 is 0 Å². The molecule has 1 amide bonds. The lowest BCUT2D eigenvalue weighted by atomic mass is 10.3. The Kier molecular flexibility index (Phi) is 5.07. The lowest BCUT2D eigenvalue weighted by Crippen LogP contribution is -2.48. The van der Waals surface area contributed by atoms with Crippen LogP contribution in [-0.4, -0.2) is 47.0 Å². The number of thiophene rings is 1. The summed E-state index contributed by atoms with van der Waals surface area (Å²) in [6, 6.07) is 16.1. The van der Waals surface area contributed by atoms with Gasteiger partial charge in [-0.3, -0.25) is 4.79 Å². The minimum Gasteiger partial charge on any atom is -0.353 e. The number of para-hydroxylation sites is 1. The van der Waals surface area contributed by atoms with Gasteiger partial charge in [-0.05, 0) is 52.3 Å². The molecular weight excluding hydrogens is 468 g/mol. The highest BCUT2D eigenvalue weighted by Gasteiger charge is 2.24. The molecule has 146 valence electrons. The average molecular weight is 485 g/mol. The first kappa shape index (κ1) is 18.7. The van der Waals surface area contributed by atoms with Crippen molar-refractivity contribution in [2.45, 2.75) is 0 Å². The summed E-state index contributed by atoms with van der Waals surface area (Å²) in [4.78, 5) is 28.1. The zero-order valence-corrected chi connectivity index (χ0v) is 18.6. The highest BCUT2D eigenvalue weighted by molar-refractivity contribution is 9.10. The number of carbonyl (C=O) groups excluding carboxylic acids is 1. The van der Waals surface area contributed by atoms with Crippen LogP contribution >= 0.6 is 38.6 Å². The number of piperazine rings is 1. The Bertz CT molecular complexity index is 1130. The van der Waals surface area contributed by atoms with Gasteiger partial charge in [-0.2, -0.15) is 0 Å². The third kappa shape index (κ3) is 3.80. The SMILES string of the molecule is O=C(c1ccc(-c2nc3ccccc3s2)s1)N1CCN(c2ccc(Br)cn2)CC1. The monoisotopic (exact) mass is 484 g/mol. The summed E-state index contributed by atoms with van der Waals surface area (Å²) < 4.78 is 2.14. The molecule has 0 spiro atoms. The fourth-order valence-corrected chi connectivity index (χ4v) is 5.62. The Morgan fingerprint density at radius 3 is 2.55 bits per heavy atom. The number of amides is 1. The molecule has 0 N–H and O–H groups in total. The maximum absolute atomic E-state index is 13.0. The fraction of sp³-hybridized carbons (Fsp3) is 0.190. The third-order valence-corrected chi connectivity index (χ3v) is 7.67. The Balaban J connectivity index is 1.27. The van der Waals surface area contributed by atoms with E-state index in [4.69, 9.17) is 4.98 Å². The third-order valence-electron chi connectivity index (χ3n) is 4.92. The van der Waals surface area contributed by atoms with Gasteiger partial charge in [0.25, 0.3) is 5.91 Å². The van der Waals surface area contributed by atoms with E-state index in [0.29, 0.717) is 13.1 Å². The molecule has 0 radical (unpaired) electrons. The zero-order chi connectivity index (χ0) is 19.8. The first-order valence-corrected chi connectivity index (χ1v) is 11.7. The van der Waals surface area contributed by atoms with Crippen LogP contribution in [0.3, 0.4) is 0 Å². The number of carbonyl (C=O) groups is 1. The smallest absolute Gasteiger partial charge is 0.264 e. The average Bonchev–Trinajstić information content (AvgIpc) is 3.41. The molecule has 3 aromatic heterocycles. The Morgan fingerprint density at radius 1 is 0.966 bits per heavy atom. The number of thiazole rings is 1. The summed E-state index contributed by atoms with van der Waals surface area (Å²) in [7, 11) is 0. The second-order valence-corrected chi connectivity index (χ2v) is 9.79. The van der Waals surface area contributed by atoms with Crippen LogP contribution < -0.4 is 4.90 Å². The molecule has 1 aliphatic rings. The van der Waals surface area contributed by atoms with E-state index in [2.05, 4.69) is 31.9 Å². The van der Waals surface area contributed by atoms with E-state index < -0.39 is 0 Å². The number of anilines is 1. The molecule has 0 unspecified atom stereocenters. The first-order chi connectivity index (χ1) is 14.2. The second kappa shape index (κ2) is 7.85. The van der Waals surface area contributed by atoms with E-state index in [1.54, 1.807) is 11.3 Å². The highest BCUT2D eigenvalue weighted by atomic mass is 79.9. The van der Waals surface area contributed by atoms with Crippen LogP contribution in [0.2, 0.25) is 0 Å². The molecular formula is C21H17BrN4OS2. The molecule has 1 fully saturated rings. The maximum Gasteiger partial charge on any atom is 0.264 e. The van der Waals surface area contributed by atoms with Crippen molar-refractivity contribution < 1.29 is 4.79 Å². The molecule has 1 aromatic carbocycles. The number of hydrogen-bond donors (Lipinski definition) is 0. The summed E-state index contributed by atoms with van der Waals surface area (Å²) in [6.07, 6.45) is 1.81. The van der Waals surface area contributed by atoms with Crippen LogP contribution in [0.15, 0.2) is 59.2 Å². The van der Waals surface area contributed by atoms with Crippen molar-refractivity contribution in [3.05, 3.63) is 64.1 Å². The van der Waals surface area contributed by atoms with E-state index in [0.717, 1.165) is 43.7 Å². The number of pyridine rings is 1. The van der Waals surface area contributed by atoms with Gasteiger partial charge in [-0.15, -0.1) is 22.7 Å². The molecule has 1 aliphatic heterocycles. The van der Waals surface area contributed by atoms with Crippen LogP contribution in [0.25, 0.3) is 20.1 Å². The molecule has 0 bridgehead atoms. The van der Waals surface area contributed by atoms with Gasteiger partial charge in [0.1, 0.15) is 10.8 Å². The van der Waals surface area contributed by atoms with Gasteiger partial charge in [0.05, 0.1) is 20.0 Å². The molecule has 4 heterocycles. The van der Waals surface area contributed by atoms with Crippen LogP contribution in [0, 0.1) is 0 Å². The topological polar surface area (TPSA) is 49.3 Å². The van der Waals surface area contributed by atoms with Crippen LogP contribution in [0.4, 0.5) is 5.82 Å². The van der Waals surface area contributed by atoms with E-state index >= 15 is 0 Å². The van der Waals surface area contributed by atoms with Crippen molar-refractivity contribution in [1.82, 2.24) is 14.9 Å². The van der Waals surface area contributed by atoms with E-state index in [9.17, 15) is 4.79 Å². The van der Waals surface area contributed by atoms with Gasteiger partial charge in [0.2, 0.25) is 0 Å². The van der Waals surface area contributed by atoms with Crippen LogP contribution in [-0.2, 0) is 0 Å². The minimum atomic E-state index is 0.103. The van der Waals surface area contributed by atoms with Crippen molar-refractivity contribution in [3.63, 3.8) is 0 Å². The predicted molar refractivity (Wildman–Crippen MR) is 123 cm³/mol. The number of halogens is 1. The quantitative estimate of drug-likeness (QED) is 0.403. The Hall–Kier alpha value is -2.29. The molecule has 1 saturated heterocycles. The van der Waals surface area contributed by atoms with Gasteiger partial charge in [0, 0.05) is 36.8 Å². The minimum absolute atomic E-state index is 0.103. The normalized spacial score (nSPS) is 14.5. The zero-order valence-electron chi connectivity index (χ0n) is 15.4. The lowest BCUT2D eigenvalue weighted by molar-refractivity contribution is 0.0751. The van der Waals surface area contributed by atoms with Crippen molar-refractivity contribution in [1.29, 1.82) is 0 Å². The molecule has 4 aromatic rings. The number of benzene rings is 1. The van der Waals surface area contributed by atoms with Crippen molar-refractivity contribution >= 4 is 60.5 Å². The van der Waals surface area contributed by atoms with Crippen LogP contribution in [0.5, 0.6) is 0 Å².